The van der Waals surface area contributed by atoms with Crippen LogP contribution in [0.3, 0.4) is 0 Å². The second kappa shape index (κ2) is 5.54. The van der Waals surface area contributed by atoms with Crippen molar-refractivity contribution in [2.45, 2.75) is 6.23 Å². The molecule has 1 N–H and O–H groups in total. The van der Waals surface area contributed by atoms with Crippen LogP contribution < -0.4 is 20.2 Å². The van der Waals surface area contributed by atoms with Gasteiger partial charge in [-0.15, -0.1) is 22.7 Å². The second-order valence-electron chi connectivity index (χ2n) is 6.48. The zero-order chi connectivity index (χ0) is 18.0. The van der Waals surface area contributed by atoms with E-state index >= 15 is 0 Å². The minimum atomic E-state index is -0.683. The molecular formula is C20H16N2O2S2. The molecule has 2 aliphatic rings. The van der Waals surface area contributed by atoms with Gasteiger partial charge in [-0.05, 0) is 35.0 Å². The number of likely N-dealkylation sites (N-methyl/N-ethyl adjacent to an activating group) is 2. The van der Waals surface area contributed by atoms with E-state index in [9.17, 15) is 9.90 Å². The predicted octanol–water partition coefficient (Wildman–Crippen LogP) is 1.95. The molecule has 2 aliphatic heterocycles. The highest BCUT2D eigenvalue weighted by Gasteiger charge is 2.33. The number of carbonyl (C=O) groups excluding carboxylic acids is 1. The van der Waals surface area contributed by atoms with E-state index in [4.69, 9.17) is 0 Å². The van der Waals surface area contributed by atoms with Gasteiger partial charge in [0, 0.05) is 45.5 Å². The van der Waals surface area contributed by atoms with E-state index < -0.39 is 6.23 Å². The number of nitrogens with zero attached hydrogens (tertiary/aromatic N) is 2. The van der Waals surface area contributed by atoms with Gasteiger partial charge in [0.15, 0.2) is 6.23 Å². The summed E-state index contributed by atoms with van der Waals surface area (Å²) in [5.41, 5.74) is 3.50. The van der Waals surface area contributed by atoms with E-state index in [-0.39, 0.29) is 5.91 Å². The number of amides is 1. The van der Waals surface area contributed by atoms with Gasteiger partial charge in [0.1, 0.15) is 0 Å². The van der Waals surface area contributed by atoms with Gasteiger partial charge < -0.3 is 14.9 Å². The van der Waals surface area contributed by atoms with Crippen LogP contribution in [0.15, 0.2) is 47.2 Å². The Hall–Kier alpha value is -2.41. The fourth-order valence-corrected chi connectivity index (χ4v) is 5.35. The Labute approximate surface area is 158 Å². The SMILES string of the molecule is CN1C(=O)C(c2cccs2)=c2cc3c(cc21)=C(c1cccs1)C(O)N3C. The van der Waals surface area contributed by atoms with Crippen LogP contribution >= 0.6 is 22.7 Å². The molecule has 4 nitrogen and oxygen atoms in total. The maximum atomic E-state index is 12.9. The highest BCUT2D eigenvalue weighted by molar-refractivity contribution is 7.11. The summed E-state index contributed by atoms with van der Waals surface area (Å²) < 4.78 is 0. The highest BCUT2D eigenvalue weighted by atomic mass is 32.1. The monoisotopic (exact) mass is 380 g/mol. The number of carbonyl (C=O) groups is 1. The van der Waals surface area contributed by atoms with Gasteiger partial charge in [-0.3, -0.25) is 4.79 Å². The van der Waals surface area contributed by atoms with Crippen LogP contribution in [-0.4, -0.2) is 31.3 Å². The molecule has 5 rings (SSSR count). The summed E-state index contributed by atoms with van der Waals surface area (Å²) in [6, 6.07) is 12.1. The third-order valence-electron chi connectivity index (χ3n) is 5.11. The number of fused-ring (bicyclic) bond motifs is 2. The second-order valence-corrected chi connectivity index (χ2v) is 8.37. The lowest BCUT2D eigenvalue weighted by molar-refractivity contribution is -0.112. The molecule has 0 aliphatic carbocycles. The molecule has 26 heavy (non-hydrogen) atoms. The third kappa shape index (κ3) is 2.00. The van der Waals surface area contributed by atoms with Crippen molar-refractivity contribution in [1.82, 2.24) is 0 Å². The molecule has 130 valence electrons. The fraction of sp³-hybridized carbons (Fsp3) is 0.150. The van der Waals surface area contributed by atoms with Crippen molar-refractivity contribution in [2.75, 3.05) is 23.9 Å². The molecule has 4 heterocycles. The van der Waals surface area contributed by atoms with Crippen molar-refractivity contribution in [3.05, 3.63) is 67.3 Å². The van der Waals surface area contributed by atoms with Crippen molar-refractivity contribution in [3.8, 4) is 0 Å². The van der Waals surface area contributed by atoms with Gasteiger partial charge in [-0.25, -0.2) is 0 Å². The first-order chi connectivity index (χ1) is 12.6. The summed E-state index contributed by atoms with van der Waals surface area (Å²) in [7, 11) is 3.70. The molecule has 0 spiro atoms. The summed E-state index contributed by atoms with van der Waals surface area (Å²) in [4.78, 5) is 18.5. The molecule has 0 bridgehead atoms. The number of aliphatic hydroxyl groups is 1. The normalized spacial score (nSPS) is 18.7. The van der Waals surface area contributed by atoms with Crippen LogP contribution in [-0.2, 0) is 4.79 Å². The van der Waals surface area contributed by atoms with Gasteiger partial charge in [0.05, 0.1) is 11.3 Å². The van der Waals surface area contributed by atoms with Crippen LogP contribution in [0.1, 0.15) is 9.75 Å². The van der Waals surface area contributed by atoms with E-state index in [1.165, 1.54) is 0 Å². The first-order valence-electron chi connectivity index (χ1n) is 8.27. The van der Waals surface area contributed by atoms with Crippen LogP contribution in [0, 0.1) is 0 Å². The van der Waals surface area contributed by atoms with Gasteiger partial charge in [-0.1, -0.05) is 12.1 Å². The minimum Gasteiger partial charge on any atom is -0.369 e. The number of benzene rings is 1. The van der Waals surface area contributed by atoms with E-state index in [1.54, 1.807) is 27.6 Å². The number of hydrogen-bond acceptors (Lipinski definition) is 5. The topological polar surface area (TPSA) is 43.8 Å². The molecule has 0 saturated carbocycles. The number of rotatable bonds is 2. The molecule has 0 radical (unpaired) electrons. The lowest BCUT2D eigenvalue weighted by atomic mass is 10.1. The van der Waals surface area contributed by atoms with Crippen molar-refractivity contribution in [2.24, 2.45) is 0 Å². The van der Waals surface area contributed by atoms with Crippen LogP contribution in [0.4, 0.5) is 11.4 Å². The van der Waals surface area contributed by atoms with E-state index in [2.05, 4.69) is 0 Å². The zero-order valence-electron chi connectivity index (χ0n) is 14.3. The lowest BCUT2D eigenvalue weighted by Crippen LogP contribution is -2.28. The maximum absolute atomic E-state index is 12.9. The molecule has 1 unspecified atom stereocenters. The molecule has 3 aromatic rings. The zero-order valence-corrected chi connectivity index (χ0v) is 15.9. The highest BCUT2D eigenvalue weighted by Crippen LogP contribution is 2.33. The molecule has 6 heteroatoms. The Kier molecular flexibility index (Phi) is 3.37. The molecular weight excluding hydrogens is 364 g/mol. The Morgan fingerprint density at radius 3 is 2.27 bits per heavy atom. The van der Waals surface area contributed by atoms with Crippen molar-refractivity contribution in [1.29, 1.82) is 0 Å². The Morgan fingerprint density at radius 1 is 0.962 bits per heavy atom. The average molecular weight is 380 g/mol. The van der Waals surface area contributed by atoms with E-state index in [0.717, 1.165) is 42.7 Å². The number of hydrogen-bond donors (Lipinski definition) is 1. The predicted molar refractivity (Wildman–Crippen MR) is 107 cm³/mol. The minimum absolute atomic E-state index is 0.0204. The largest absolute Gasteiger partial charge is 0.369 e. The van der Waals surface area contributed by atoms with Crippen molar-refractivity contribution in [3.63, 3.8) is 0 Å². The maximum Gasteiger partial charge on any atom is 0.260 e. The Balaban J connectivity index is 1.87. The first kappa shape index (κ1) is 15.8. The average Bonchev–Trinajstić information content (AvgIpc) is 3.40. The summed E-state index contributed by atoms with van der Waals surface area (Å²) in [5, 5.41) is 16.7. The lowest BCUT2D eigenvalue weighted by Gasteiger charge is -2.20. The van der Waals surface area contributed by atoms with Crippen LogP contribution in [0.2, 0.25) is 0 Å². The molecule has 1 atom stereocenters. The molecule has 1 aromatic carbocycles. The molecule has 0 saturated heterocycles. The van der Waals surface area contributed by atoms with Gasteiger partial charge in [-0.2, -0.15) is 0 Å². The van der Waals surface area contributed by atoms with Crippen LogP contribution in [0.25, 0.3) is 11.1 Å². The van der Waals surface area contributed by atoms with E-state index in [0.29, 0.717) is 0 Å². The molecule has 1 amide bonds. The quantitative estimate of drug-likeness (QED) is 0.739. The smallest absolute Gasteiger partial charge is 0.260 e. The third-order valence-corrected chi connectivity index (χ3v) is 6.90. The summed E-state index contributed by atoms with van der Waals surface area (Å²) in [5.74, 6) is 0.0204. The first-order valence-corrected chi connectivity index (χ1v) is 10.0. The van der Waals surface area contributed by atoms with Gasteiger partial charge in [0.2, 0.25) is 0 Å². The van der Waals surface area contributed by atoms with Gasteiger partial charge >= 0.3 is 0 Å². The molecule has 0 fully saturated rings. The van der Waals surface area contributed by atoms with E-state index in [1.807, 2.05) is 66.2 Å². The standard InChI is InChI=1S/C20H16N2O2S2/c1-21-13-9-12-14(22(2)20(24)18(12)16-6-4-8-26-16)10-11(13)17(19(21)23)15-5-3-7-25-15/h3-10,19,23H,1-2H3. The summed E-state index contributed by atoms with van der Waals surface area (Å²) >= 11 is 3.19. The number of thiophene rings is 2. The van der Waals surface area contributed by atoms with Crippen LogP contribution in [0.5, 0.6) is 0 Å². The Bertz CT molecular complexity index is 1150. The number of aliphatic hydroxyl groups excluding tert-OH is 1. The summed E-state index contributed by atoms with van der Waals surface area (Å²) in [6.45, 7) is 0. The Morgan fingerprint density at radius 2 is 1.62 bits per heavy atom. The summed E-state index contributed by atoms with van der Waals surface area (Å²) in [6.07, 6.45) is -0.683. The molecule has 2 aromatic heterocycles. The number of anilines is 2. The van der Waals surface area contributed by atoms with Gasteiger partial charge in [0.25, 0.3) is 5.91 Å². The fourth-order valence-electron chi connectivity index (χ4n) is 3.77. The van der Waals surface area contributed by atoms with Crippen molar-refractivity contribution < 1.29 is 9.90 Å². The van der Waals surface area contributed by atoms with Crippen molar-refractivity contribution >= 4 is 51.1 Å².